The SMILES string of the molecule is O=C(c1c[nH]c(C(=O)N2CCCC2)c1)N1CCC(OCc2ccccc2)CC1. The van der Waals surface area contributed by atoms with Crippen LogP contribution in [0.25, 0.3) is 0 Å². The molecule has 148 valence electrons. The standard InChI is InChI=1S/C22H27N3O3/c26-21(18-14-20(23-15-18)22(27)24-10-4-5-11-24)25-12-8-19(9-13-25)28-16-17-6-2-1-3-7-17/h1-3,6-7,14-15,19,23H,4-5,8-13,16H2. The second-order valence-corrected chi connectivity index (χ2v) is 7.59. The van der Waals surface area contributed by atoms with Crippen molar-refractivity contribution in [2.45, 2.75) is 38.4 Å². The lowest BCUT2D eigenvalue weighted by Crippen LogP contribution is -2.40. The molecule has 0 radical (unpaired) electrons. The molecule has 0 bridgehead atoms. The van der Waals surface area contributed by atoms with Crippen molar-refractivity contribution in [3.8, 4) is 0 Å². The number of likely N-dealkylation sites (tertiary alicyclic amines) is 2. The molecular weight excluding hydrogens is 354 g/mol. The van der Waals surface area contributed by atoms with Crippen molar-refractivity contribution in [1.82, 2.24) is 14.8 Å². The molecular formula is C22H27N3O3. The summed E-state index contributed by atoms with van der Waals surface area (Å²) in [7, 11) is 0. The van der Waals surface area contributed by atoms with Crippen LogP contribution in [-0.2, 0) is 11.3 Å². The predicted octanol–water partition coefficient (Wildman–Crippen LogP) is 3.07. The van der Waals surface area contributed by atoms with Crippen LogP contribution in [-0.4, -0.2) is 58.9 Å². The molecule has 4 rings (SSSR count). The van der Waals surface area contributed by atoms with Gasteiger partial charge in [0.1, 0.15) is 5.69 Å². The number of carbonyl (C=O) groups is 2. The number of piperidine rings is 1. The lowest BCUT2D eigenvalue weighted by molar-refractivity contribution is -0.000376. The summed E-state index contributed by atoms with van der Waals surface area (Å²) in [6.45, 7) is 3.58. The van der Waals surface area contributed by atoms with Gasteiger partial charge in [-0.2, -0.15) is 0 Å². The Morgan fingerprint density at radius 3 is 2.36 bits per heavy atom. The van der Waals surface area contributed by atoms with E-state index in [0.717, 1.165) is 38.8 Å². The molecule has 28 heavy (non-hydrogen) atoms. The van der Waals surface area contributed by atoms with Gasteiger partial charge in [-0.05, 0) is 37.3 Å². The third kappa shape index (κ3) is 4.28. The van der Waals surface area contributed by atoms with E-state index in [-0.39, 0.29) is 17.9 Å². The second kappa shape index (κ2) is 8.61. The van der Waals surface area contributed by atoms with Crippen molar-refractivity contribution in [1.29, 1.82) is 0 Å². The van der Waals surface area contributed by atoms with Crippen molar-refractivity contribution in [3.63, 3.8) is 0 Å². The summed E-state index contributed by atoms with van der Waals surface area (Å²) in [5.41, 5.74) is 2.24. The first-order valence-electron chi connectivity index (χ1n) is 10.1. The first kappa shape index (κ1) is 18.7. The van der Waals surface area contributed by atoms with Crippen LogP contribution in [0.4, 0.5) is 0 Å². The fraction of sp³-hybridized carbons (Fsp3) is 0.455. The average Bonchev–Trinajstić information content (AvgIpc) is 3.45. The first-order chi connectivity index (χ1) is 13.7. The highest BCUT2D eigenvalue weighted by Crippen LogP contribution is 2.19. The van der Waals surface area contributed by atoms with E-state index < -0.39 is 0 Å². The Morgan fingerprint density at radius 2 is 1.64 bits per heavy atom. The van der Waals surface area contributed by atoms with Gasteiger partial charge in [0.05, 0.1) is 18.3 Å². The largest absolute Gasteiger partial charge is 0.373 e. The van der Waals surface area contributed by atoms with E-state index in [2.05, 4.69) is 17.1 Å². The van der Waals surface area contributed by atoms with E-state index in [1.54, 1.807) is 12.3 Å². The number of hydrogen-bond donors (Lipinski definition) is 1. The molecule has 6 nitrogen and oxygen atoms in total. The van der Waals surface area contributed by atoms with Gasteiger partial charge in [0.15, 0.2) is 0 Å². The van der Waals surface area contributed by atoms with Crippen LogP contribution in [0.3, 0.4) is 0 Å². The van der Waals surface area contributed by atoms with E-state index in [9.17, 15) is 9.59 Å². The summed E-state index contributed by atoms with van der Waals surface area (Å²) < 4.78 is 6.00. The van der Waals surface area contributed by atoms with Crippen LogP contribution in [0.2, 0.25) is 0 Å². The molecule has 0 unspecified atom stereocenters. The van der Waals surface area contributed by atoms with E-state index in [1.165, 1.54) is 5.56 Å². The zero-order valence-corrected chi connectivity index (χ0v) is 16.1. The van der Waals surface area contributed by atoms with Gasteiger partial charge in [0, 0.05) is 32.4 Å². The molecule has 2 fully saturated rings. The summed E-state index contributed by atoms with van der Waals surface area (Å²) in [4.78, 5) is 31.9. The second-order valence-electron chi connectivity index (χ2n) is 7.59. The quantitative estimate of drug-likeness (QED) is 0.866. The summed E-state index contributed by atoms with van der Waals surface area (Å²) in [6, 6.07) is 11.8. The zero-order valence-electron chi connectivity index (χ0n) is 16.1. The van der Waals surface area contributed by atoms with Crippen LogP contribution in [0.5, 0.6) is 0 Å². The molecule has 2 aliphatic heterocycles. The molecule has 0 saturated carbocycles. The van der Waals surface area contributed by atoms with Crippen LogP contribution < -0.4 is 0 Å². The van der Waals surface area contributed by atoms with Crippen LogP contribution in [0, 0.1) is 0 Å². The summed E-state index contributed by atoms with van der Waals surface area (Å²) >= 11 is 0. The minimum atomic E-state index is -0.0155. The zero-order chi connectivity index (χ0) is 19.3. The monoisotopic (exact) mass is 381 g/mol. The highest BCUT2D eigenvalue weighted by Gasteiger charge is 2.26. The third-order valence-corrected chi connectivity index (χ3v) is 5.61. The first-order valence-corrected chi connectivity index (χ1v) is 10.1. The van der Waals surface area contributed by atoms with Crippen molar-refractivity contribution in [2.24, 2.45) is 0 Å². The maximum Gasteiger partial charge on any atom is 0.270 e. The molecule has 6 heteroatoms. The van der Waals surface area contributed by atoms with E-state index in [4.69, 9.17) is 4.74 Å². The fourth-order valence-corrected chi connectivity index (χ4v) is 3.93. The number of aromatic amines is 1. The number of nitrogens with one attached hydrogen (secondary N) is 1. The van der Waals surface area contributed by atoms with Crippen LogP contribution >= 0.6 is 0 Å². The summed E-state index contributed by atoms with van der Waals surface area (Å²) in [5.74, 6) is -0.0252. The van der Waals surface area contributed by atoms with Crippen molar-refractivity contribution in [3.05, 3.63) is 59.4 Å². The number of amides is 2. The van der Waals surface area contributed by atoms with Gasteiger partial charge < -0.3 is 19.5 Å². The average molecular weight is 381 g/mol. The van der Waals surface area contributed by atoms with Gasteiger partial charge in [-0.25, -0.2) is 0 Å². The van der Waals surface area contributed by atoms with E-state index >= 15 is 0 Å². The number of benzene rings is 1. The number of carbonyl (C=O) groups excluding carboxylic acids is 2. The normalized spacial score (nSPS) is 17.9. The van der Waals surface area contributed by atoms with Crippen molar-refractivity contribution < 1.29 is 14.3 Å². The van der Waals surface area contributed by atoms with Crippen molar-refractivity contribution >= 4 is 11.8 Å². The summed E-state index contributed by atoms with van der Waals surface area (Å²) in [5, 5.41) is 0. The highest BCUT2D eigenvalue weighted by molar-refractivity contribution is 5.99. The molecule has 2 saturated heterocycles. The molecule has 1 aromatic heterocycles. The fourth-order valence-electron chi connectivity index (χ4n) is 3.93. The third-order valence-electron chi connectivity index (χ3n) is 5.61. The predicted molar refractivity (Wildman–Crippen MR) is 106 cm³/mol. The Bertz CT molecular complexity index is 803. The lowest BCUT2D eigenvalue weighted by atomic mass is 10.1. The Labute approximate surface area is 165 Å². The summed E-state index contributed by atoms with van der Waals surface area (Å²) in [6.07, 6.45) is 5.62. The van der Waals surface area contributed by atoms with Gasteiger partial charge >= 0.3 is 0 Å². The Morgan fingerprint density at radius 1 is 0.964 bits per heavy atom. The Hall–Kier alpha value is -2.60. The number of rotatable bonds is 5. The molecule has 2 amide bonds. The molecule has 3 heterocycles. The minimum absolute atomic E-state index is 0.00966. The van der Waals surface area contributed by atoms with E-state index in [0.29, 0.717) is 31.0 Å². The van der Waals surface area contributed by atoms with Crippen molar-refractivity contribution in [2.75, 3.05) is 26.2 Å². The van der Waals surface area contributed by atoms with Crippen LogP contribution in [0.1, 0.15) is 52.1 Å². The van der Waals surface area contributed by atoms with Gasteiger partial charge in [-0.3, -0.25) is 9.59 Å². The molecule has 1 aromatic carbocycles. The Kier molecular flexibility index (Phi) is 5.76. The highest BCUT2D eigenvalue weighted by atomic mass is 16.5. The smallest absolute Gasteiger partial charge is 0.270 e. The molecule has 0 aliphatic carbocycles. The lowest BCUT2D eigenvalue weighted by Gasteiger charge is -2.31. The number of H-pyrrole nitrogens is 1. The number of ether oxygens (including phenoxy) is 1. The maximum absolute atomic E-state index is 12.8. The van der Waals surface area contributed by atoms with Gasteiger partial charge in [0.2, 0.25) is 0 Å². The number of aromatic nitrogens is 1. The van der Waals surface area contributed by atoms with Gasteiger partial charge in [-0.1, -0.05) is 30.3 Å². The molecule has 1 N–H and O–H groups in total. The topological polar surface area (TPSA) is 65.6 Å². The molecule has 0 spiro atoms. The van der Waals surface area contributed by atoms with E-state index in [1.807, 2.05) is 28.0 Å². The maximum atomic E-state index is 12.8. The van der Waals surface area contributed by atoms with Crippen LogP contribution in [0.15, 0.2) is 42.6 Å². The molecule has 0 atom stereocenters. The molecule has 2 aromatic rings. The van der Waals surface area contributed by atoms with Gasteiger partial charge in [-0.15, -0.1) is 0 Å². The van der Waals surface area contributed by atoms with Gasteiger partial charge in [0.25, 0.3) is 11.8 Å². The number of hydrogen-bond acceptors (Lipinski definition) is 3. The molecule has 2 aliphatic rings. The minimum Gasteiger partial charge on any atom is -0.373 e. The Balaban J connectivity index is 1.27. The number of nitrogens with zero attached hydrogens (tertiary/aromatic N) is 2.